The van der Waals surface area contributed by atoms with Crippen molar-refractivity contribution < 1.29 is 23.7 Å². The van der Waals surface area contributed by atoms with E-state index in [-0.39, 0.29) is 22.6 Å². The van der Waals surface area contributed by atoms with E-state index in [2.05, 4.69) is 19.8 Å². The summed E-state index contributed by atoms with van der Waals surface area (Å²) in [7, 11) is 0. The van der Waals surface area contributed by atoms with Gasteiger partial charge in [0.2, 0.25) is 0 Å². The lowest BCUT2D eigenvalue weighted by molar-refractivity contribution is -0.190. The predicted molar refractivity (Wildman–Crippen MR) is 99.5 cm³/mol. The van der Waals surface area contributed by atoms with Gasteiger partial charge in [0.15, 0.2) is 5.78 Å². The SMILES string of the molecule is NC1=C2C(=O)NC(c3ccc(SOON=C=O)cc3)=C2C(=O)c2ccccc21. The Morgan fingerprint density at radius 3 is 2.43 bits per heavy atom. The van der Waals surface area contributed by atoms with Crippen LogP contribution in [0.25, 0.3) is 11.4 Å². The Hall–Kier alpha value is -3.65. The van der Waals surface area contributed by atoms with Crippen LogP contribution in [0.5, 0.6) is 0 Å². The Bertz CT molecular complexity index is 1110. The lowest BCUT2D eigenvalue weighted by Crippen LogP contribution is -2.22. The van der Waals surface area contributed by atoms with Gasteiger partial charge in [-0.05, 0) is 17.7 Å². The average Bonchev–Trinajstić information content (AvgIpc) is 3.07. The third kappa shape index (κ3) is 2.89. The molecule has 0 saturated heterocycles. The number of nitrogens with one attached hydrogen (secondary N) is 1. The molecular weight excluding hydrogens is 382 g/mol. The minimum absolute atomic E-state index is 0.195. The number of benzene rings is 2. The van der Waals surface area contributed by atoms with E-state index >= 15 is 0 Å². The maximum Gasteiger partial charge on any atom is 0.280 e. The van der Waals surface area contributed by atoms with Gasteiger partial charge in [0.05, 0.1) is 34.6 Å². The highest BCUT2D eigenvalue weighted by Crippen LogP contribution is 2.39. The summed E-state index contributed by atoms with van der Waals surface area (Å²) in [5, 5.41) is 5.55. The van der Waals surface area contributed by atoms with Gasteiger partial charge in [0.1, 0.15) is 0 Å². The van der Waals surface area contributed by atoms with Gasteiger partial charge < -0.3 is 11.1 Å². The van der Waals surface area contributed by atoms with Crippen LogP contribution in [0, 0.1) is 0 Å². The van der Waals surface area contributed by atoms with E-state index in [1.54, 1.807) is 48.5 Å². The van der Waals surface area contributed by atoms with Crippen molar-refractivity contribution in [3.05, 3.63) is 76.4 Å². The number of hydrogen-bond acceptors (Lipinski definition) is 8. The Balaban J connectivity index is 1.71. The highest BCUT2D eigenvalue weighted by atomic mass is 32.2. The summed E-state index contributed by atoms with van der Waals surface area (Å²) in [5.41, 5.74) is 8.99. The van der Waals surface area contributed by atoms with Crippen molar-refractivity contribution in [2.75, 3.05) is 0 Å². The summed E-state index contributed by atoms with van der Waals surface area (Å²) in [6, 6.07) is 13.7. The molecule has 0 saturated carbocycles. The molecule has 0 aromatic heterocycles. The van der Waals surface area contributed by atoms with Crippen molar-refractivity contribution in [1.82, 2.24) is 5.32 Å². The number of isocyanates is 1. The molecule has 0 bridgehead atoms. The van der Waals surface area contributed by atoms with Gasteiger partial charge in [0, 0.05) is 21.2 Å². The van der Waals surface area contributed by atoms with Crippen molar-refractivity contribution >= 4 is 41.2 Å². The number of ketones is 1. The van der Waals surface area contributed by atoms with Crippen molar-refractivity contribution in [2.45, 2.75) is 4.90 Å². The highest BCUT2D eigenvalue weighted by molar-refractivity contribution is 7.94. The predicted octanol–water partition coefficient (Wildman–Crippen LogP) is 2.30. The van der Waals surface area contributed by atoms with E-state index in [1.807, 2.05) is 0 Å². The topological polar surface area (TPSA) is 120 Å². The molecular formula is C19H11N3O5S. The fraction of sp³-hybridized carbons (Fsp3) is 0. The molecule has 2 aromatic rings. The number of amides is 1. The lowest BCUT2D eigenvalue weighted by atomic mass is 9.84. The van der Waals surface area contributed by atoms with E-state index in [0.717, 1.165) is 12.0 Å². The zero-order chi connectivity index (χ0) is 19.7. The molecule has 1 aliphatic heterocycles. The van der Waals surface area contributed by atoms with Gasteiger partial charge >= 0.3 is 0 Å². The monoisotopic (exact) mass is 393 g/mol. The Labute approximate surface area is 162 Å². The summed E-state index contributed by atoms with van der Waals surface area (Å²) in [4.78, 5) is 40.3. The number of fused-ring (bicyclic) bond motifs is 2. The highest BCUT2D eigenvalue weighted by Gasteiger charge is 2.39. The molecule has 4 rings (SSSR count). The summed E-state index contributed by atoms with van der Waals surface area (Å²) in [5.74, 6) is -0.665. The van der Waals surface area contributed by atoms with Crippen LogP contribution in [0.2, 0.25) is 0 Å². The molecule has 2 aromatic carbocycles. The number of carbonyl (C=O) groups is 2. The fourth-order valence-corrected chi connectivity index (χ4v) is 3.51. The van der Waals surface area contributed by atoms with Gasteiger partial charge in [-0.25, -0.2) is 4.79 Å². The van der Waals surface area contributed by atoms with Gasteiger partial charge in [-0.15, -0.1) is 0 Å². The molecule has 9 heteroatoms. The summed E-state index contributed by atoms with van der Waals surface area (Å²) >= 11 is 0.832. The second-order valence-corrected chi connectivity index (χ2v) is 6.57. The van der Waals surface area contributed by atoms with Crippen LogP contribution in [0.3, 0.4) is 0 Å². The fourth-order valence-electron chi connectivity index (χ4n) is 3.13. The molecule has 28 heavy (non-hydrogen) atoms. The first-order valence-corrected chi connectivity index (χ1v) is 8.73. The average molecular weight is 393 g/mol. The Morgan fingerprint density at radius 1 is 1.00 bits per heavy atom. The molecule has 1 aliphatic carbocycles. The third-order valence-electron chi connectivity index (χ3n) is 4.30. The Morgan fingerprint density at radius 2 is 1.71 bits per heavy atom. The quantitative estimate of drug-likeness (QED) is 0.200. The van der Waals surface area contributed by atoms with Gasteiger partial charge in [-0.2, -0.15) is 4.99 Å². The van der Waals surface area contributed by atoms with Crippen LogP contribution < -0.4 is 11.1 Å². The number of rotatable bonds is 5. The second kappa shape index (κ2) is 7.16. The minimum atomic E-state index is -0.410. The molecule has 0 unspecified atom stereocenters. The summed E-state index contributed by atoms with van der Waals surface area (Å²) < 4.78 is 4.63. The number of Topliss-reactive ketones (excluding diaryl/α,β-unsaturated/α-hetero) is 1. The van der Waals surface area contributed by atoms with Crippen LogP contribution >= 0.6 is 12.0 Å². The molecule has 0 radical (unpaired) electrons. The standard InChI is InChI=1S/C19H11N3O5S/c20-16-12-3-1-2-4-13(12)18(24)15-14(16)19(25)22-17(15)10-5-7-11(8-6-10)28-27-26-21-9-23/h1-8H,20H2,(H,22,25). The molecule has 138 valence electrons. The first kappa shape index (κ1) is 17.7. The van der Waals surface area contributed by atoms with Crippen LogP contribution in [-0.4, -0.2) is 17.8 Å². The number of hydrogen-bond donors (Lipinski definition) is 2. The van der Waals surface area contributed by atoms with Crippen LogP contribution in [-0.2, 0) is 18.9 Å². The van der Waals surface area contributed by atoms with Crippen LogP contribution in [0.1, 0.15) is 21.5 Å². The molecule has 0 atom stereocenters. The smallest absolute Gasteiger partial charge is 0.280 e. The van der Waals surface area contributed by atoms with E-state index < -0.39 is 5.91 Å². The van der Waals surface area contributed by atoms with E-state index in [4.69, 9.17) is 5.73 Å². The maximum absolute atomic E-state index is 13.0. The van der Waals surface area contributed by atoms with E-state index in [0.29, 0.717) is 27.3 Å². The van der Waals surface area contributed by atoms with Crippen LogP contribution in [0.4, 0.5) is 0 Å². The zero-order valence-corrected chi connectivity index (χ0v) is 14.9. The van der Waals surface area contributed by atoms with Crippen molar-refractivity contribution in [2.24, 2.45) is 10.9 Å². The van der Waals surface area contributed by atoms with Crippen LogP contribution in [0.15, 0.2) is 69.7 Å². The van der Waals surface area contributed by atoms with Crippen molar-refractivity contribution in [3.63, 3.8) is 0 Å². The second-order valence-electron chi connectivity index (χ2n) is 5.80. The van der Waals surface area contributed by atoms with E-state index in [1.165, 1.54) is 6.08 Å². The van der Waals surface area contributed by atoms with Crippen molar-refractivity contribution in [3.8, 4) is 0 Å². The molecule has 8 nitrogen and oxygen atoms in total. The largest absolute Gasteiger partial charge is 0.398 e. The number of carbonyl (C=O) groups excluding carboxylic acids is 3. The molecule has 1 amide bonds. The number of nitrogens with two attached hydrogens (primary N) is 1. The lowest BCUT2D eigenvalue weighted by Gasteiger charge is -2.18. The molecule has 3 N–H and O–H groups in total. The molecule has 0 spiro atoms. The molecule has 0 fully saturated rings. The maximum atomic E-state index is 13.0. The molecule has 1 heterocycles. The van der Waals surface area contributed by atoms with Gasteiger partial charge in [-0.1, -0.05) is 40.7 Å². The normalized spacial score (nSPS) is 15.0. The molecule has 2 aliphatic rings. The van der Waals surface area contributed by atoms with Crippen molar-refractivity contribution in [1.29, 1.82) is 0 Å². The van der Waals surface area contributed by atoms with Gasteiger partial charge in [0.25, 0.3) is 12.0 Å². The Kier molecular flexibility index (Phi) is 4.54. The summed E-state index contributed by atoms with van der Waals surface area (Å²) in [6.07, 6.45) is 1.17. The first-order chi connectivity index (χ1) is 13.6. The number of nitrogens with zero attached hydrogens (tertiary/aromatic N) is 1. The van der Waals surface area contributed by atoms with E-state index in [9.17, 15) is 14.4 Å². The minimum Gasteiger partial charge on any atom is -0.398 e. The van der Waals surface area contributed by atoms with Gasteiger partial charge in [-0.3, -0.25) is 9.59 Å². The zero-order valence-electron chi connectivity index (χ0n) is 14.1. The summed E-state index contributed by atoms with van der Waals surface area (Å²) in [6.45, 7) is 0. The third-order valence-corrected chi connectivity index (χ3v) is 4.90. The first-order valence-electron chi connectivity index (χ1n) is 7.99.